The summed E-state index contributed by atoms with van der Waals surface area (Å²) < 4.78 is 32.3. The third-order valence-corrected chi connectivity index (χ3v) is 5.01. The second-order valence-corrected chi connectivity index (χ2v) is 6.87. The van der Waals surface area contributed by atoms with Gasteiger partial charge in [-0.15, -0.1) is 0 Å². The van der Waals surface area contributed by atoms with Crippen LogP contribution in [0.1, 0.15) is 12.0 Å². The Morgan fingerprint density at radius 2 is 2.26 bits per heavy atom. The van der Waals surface area contributed by atoms with Crippen LogP contribution >= 0.6 is 11.6 Å². The van der Waals surface area contributed by atoms with Crippen molar-refractivity contribution in [2.75, 3.05) is 25.5 Å². The van der Waals surface area contributed by atoms with Crippen LogP contribution in [0, 0.1) is 12.8 Å². The molecule has 1 unspecified atom stereocenters. The first-order valence-corrected chi connectivity index (χ1v) is 7.89. The van der Waals surface area contributed by atoms with E-state index in [4.69, 9.17) is 22.1 Å². The van der Waals surface area contributed by atoms with Crippen LogP contribution in [-0.2, 0) is 14.8 Å². The lowest BCUT2D eigenvalue weighted by Crippen LogP contribution is -2.30. The molecule has 0 radical (unpaired) electrons. The molecule has 106 valence electrons. The summed E-state index contributed by atoms with van der Waals surface area (Å²) in [6.07, 6.45) is 0.874. The molecule has 3 N–H and O–H groups in total. The van der Waals surface area contributed by atoms with Crippen molar-refractivity contribution in [1.82, 2.24) is 4.72 Å². The molecular formula is C12H17ClN2O3S. The molecule has 0 amide bonds. The fourth-order valence-electron chi connectivity index (χ4n) is 2.00. The van der Waals surface area contributed by atoms with Crippen molar-refractivity contribution in [3.8, 4) is 0 Å². The lowest BCUT2D eigenvalue weighted by Gasteiger charge is -2.13. The first kappa shape index (κ1) is 14.6. The third kappa shape index (κ3) is 3.39. The predicted molar refractivity (Wildman–Crippen MR) is 74.7 cm³/mol. The van der Waals surface area contributed by atoms with Gasteiger partial charge in [0.2, 0.25) is 10.0 Å². The second-order valence-electron chi connectivity index (χ2n) is 4.70. The van der Waals surface area contributed by atoms with E-state index in [0.717, 1.165) is 6.42 Å². The van der Waals surface area contributed by atoms with Gasteiger partial charge in [0.25, 0.3) is 0 Å². The van der Waals surface area contributed by atoms with E-state index in [1.165, 1.54) is 6.07 Å². The quantitative estimate of drug-likeness (QED) is 0.827. The largest absolute Gasteiger partial charge is 0.398 e. The molecule has 1 fully saturated rings. The number of nitrogens with one attached hydrogen (secondary N) is 1. The van der Waals surface area contributed by atoms with Gasteiger partial charge in [0.1, 0.15) is 0 Å². The van der Waals surface area contributed by atoms with Crippen LogP contribution in [0.4, 0.5) is 5.69 Å². The average Bonchev–Trinajstić information content (AvgIpc) is 2.84. The lowest BCUT2D eigenvalue weighted by atomic mass is 10.1. The number of hydrogen-bond acceptors (Lipinski definition) is 4. The number of rotatable bonds is 4. The van der Waals surface area contributed by atoms with Gasteiger partial charge in [0.15, 0.2) is 0 Å². The number of nitrogen functional groups attached to an aromatic ring is 1. The Bertz CT molecular complexity index is 569. The van der Waals surface area contributed by atoms with E-state index in [1.807, 2.05) is 0 Å². The Morgan fingerprint density at radius 3 is 2.89 bits per heavy atom. The Labute approximate surface area is 118 Å². The zero-order chi connectivity index (χ0) is 14.0. The smallest absolute Gasteiger partial charge is 0.240 e. The summed E-state index contributed by atoms with van der Waals surface area (Å²) in [6.45, 7) is 3.32. The van der Waals surface area contributed by atoms with E-state index in [2.05, 4.69) is 4.72 Å². The molecule has 19 heavy (non-hydrogen) atoms. The predicted octanol–water partition coefficient (Wildman–Crippen LogP) is 1.55. The van der Waals surface area contributed by atoms with E-state index in [-0.39, 0.29) is 10.8 Å². The molecule has 1 heterocycles. The molecule has 0 aromatic heterocycles. The van der Waals surface area contributed by atoms with Crippen LogP contribution in [0.3, 0.4) is 0 Å². The van der Waals surface area contributed by atoms with Crippen molar-refractivity contribution in [2.45, 2.75) is 18.2 Å². The van der Waals surface area contributed by atoms with Crippen molar-refractivity contribution in [3.63, 3.8) is 0 Å². The lowest BCUT2D eigenvalue weighted by molar-refractivity contribution is 0.186. The molecule has 1 saturated heterocycles. The summed E-state index contributed by atoms with van der Waals surface area (Å²) >= 11 is 5.86. The fourth-order valence-corrected chi connectivity index (χ4v) is 3.71. The molecule has 5 nitrogen and oxygen atoms in total. The van der Waals surface area contributed by atoms with Crippen LogP contribution in [0.2, 0.25) is 5.02 Å². The summed E-state index contributed by atoms with van der Waals surface area (Å²) in [6, 6.07) is 2.96. The monoisotopic (exact) mass is 304 g/mol. The Morgan fingerprint density at radius 1 is 1.53 bits per heavy atom. The third-order valence-electron chi connectivity index (χ3n) is 3.24. The van der Waals surface area contributed by atoms with Crippen molar-refractivity contribution in [2.24, 2.45) is 5.92 Å². The first-order chi connectivity index (χ1) is 8.90. The number of ether oxygens (including phenoxy) is 1. The van der Waals surface area contributed by atoms with E-state index in [1.54, 1.807) is 13.0 Å². The highest BCUT2D eigenvalue weighted by atomic mass is 35.5. The molecule has 1 aliphatic heterocycles. The van der Waals surface area contributed by atoms with Gasteiger partial charge in [-0.3, -0.25) is 0 Å². The minimum Gasteiger partial charge on any atom is -0.398 e. The summed E-state index contributed by atoms with van der Waals surface area (Å²) in [5, 5.41) is 0.313. The normalized spacial score (nSPS) is 19.8. The van der Waals surface area contributed by atoms with Gasteiger partial charge in [0.05, 0.1) is 11.5 Å². The summed E-state index contributed by atoms with van der Waals surface area (Å²) in [4.78, 5) is 0.136. The minimum absolute atomic E-state index is 0.136. The molecule has 2 rings (SSSR count). The highest BCUT2D eigenvalue weighted by Crippen LogP contribution is 2.26. The number of halogens is 1. The number of anilines is 1. The van der Waals surface area contributed by atoms with Crippen LogP contribution < -0.4 is 10.5 Å². The zero-order valence-corrected chi connectivity index (χ0v) is 12.2. The van der Waals surface area contributed by atoms with Crippen LogP contribution in [0.15, 0.2) is 17.0 Å². The SMILES string of the molecule is Cc1c(N)cc(Cl)cc1S(=O)(=O)NCC1CCOC1. The molecule has 1 aliphatic rings. The number of nitrogens with two attached hydrogens (primary N) is 1. The maximum atomic E-state index is 12.2. The summed E-state index contributed by atoms with van der Waals surface area (Å²) in [7, 11) is -3.59. The van der Waals surface area contributed by atoms with Crippen molar-refractivity contribution >= 4 is 27.3 Å². The van der Waals surface area contributed by atoms with Gasteiger partial charge in [-0.2, -0.15) is 0 Å². The topological polar surface area (TPSA) is 81.4 Å². The Balaban J connectivity index is 2.19. The first-order valence-electron chi connectivity index (χ1n) is 6.03. The molecule has 0 saturated carbocycles. The van der Waals surface area contributed by atoms with Gasteiger partial charge >= 0.3 is 0 Å². The highest BCUT2D eigenvalue weighted by Gasteiger charge is 2.22. The van der Waals surface area contributed by atoms with E-state index in [9.17, 15) is 8.42 Å². The molecule has 0 spiro atoms. The van der Waals surface area contributed by atoms with Crippen molar-refractivity contribution < 1.29 is 13.2 Å². The van der Waals surface area contributed by atoms with Gasteiger partial charge in [0, 0.05) is 23.9 Å². The molecule has 1 aromatic carbocycles. The number of sulfonamides is 1. The van der Waals surface area contributed by atoms with Gasteiger partial charge in [-0.1, -0.05) is 11.6 Å². The van der Waals surface area contributed by atoms with E-state index < -0.39 is 10.0 Å². The average molecular weight is 305 g/mol. The Kier molecular flexibility index (Phi) is 4.35. The fraction of sp³-hybridized carbons (Fsp3) is 0.500. The van der Waals surface area contributed by atoms with Crippen LogP contribution in [0.5, 0.6) is 0 Å². The Hall–Kier alpha value is -0.820. The standard InChI is InChI=1S/C12H17ClN2O3S/c1-8-11(14)4-10(13)5-12(8)19(16,17)15-6-9-2-3-18-7-9/h4-5,9,15H,2-3,6-7,14H2,1H3. The summed E-state index contributed by atoms with van der Waals surface area (Å²) in [5.41, 5.74) is 6.63. The molecule has 1 aromatic rings. The molecular weight excluding hydrogens is 288 g/mol. The van der Waals surface area contributed by atoms with Crippen LogP contribution in [0.25, 0.3) is 0 Å². The molecule has 0 bridgehead atoms. The zero-order valence-electron chi connectivity index (χ0n) is 10.6. The number of hydrogen-bond donors (Lipinski definition) is 2. The maximum absolute atomic E-state index is 12.2. The summed E-state index contributed by atoms with van der Waals surface area (Å²) in [5.74, 6) is 0.228. The van der Waals surface area contributed by atoms with E-state index in [0.29, 0.717) is 36.0 Å². The van der Waals surface area contributed by atoms with Crippen molar-refractivity contribution in [3.05, 3.63) is 22.7 Å². The molecule has 1 atom stereocenters. The van der Waals surface area contributed by atoms with Gasteiger partial charge in [-0.05, 0) is 37.0 Å². The van der Waals surface area contributed by atoms with Gasteiger partial charge < -0.3 is 10.5 Å². The molecule has 7 heteroatoms. The minimum atomic E-state index is -3.59. The van der Waals surface area contributed by atoms with Gasteiger partial charge in [-0.25, -0.2) is 13.1 Å². The molecule has 0 aliphatic carbocycles. The highest BCUT2D eigenvalue weighted by molar-refractivity contribution is 7.89. The van der Waals surface area contributed by atoms with E-state index >= 15 is 0 Å². The maximum Gasteiger partial charge on any atom is 0.240 e. The van der Waals surface area contributed by atoms with Crippen molar-refractivity contribution in [1.29, 1.82) is 0 Å². The van der Waals surface area contributed by atoms with Crippen LogP contribution in [-0.4, -0.2) is 28.2 Å². The second kappa shape index (κ2) is 5.66. The number of benzene rings is 1.